The van der Waals surface area contributed by atoms with Gasteiger partial charge in [0.2, 0.25) is 0 Å². The number of hydrogen-bond acceptors (Lipinski definition) is 4. The van der Waals surface area contributed by atoms with Gasteiger partial charge in [-0.05, 0) is 74.5 Å². The van der Waals surface area contributed by atoms with Crippen molar-refractivity contribution in [2.75, 3.05) is 5.75 Å². The molecule has 0 aliphatic heterocycles. The predicted octanol–water partition coefficient (Wildman–Crippen LogP) is 4.80. The maximum absolute atomic E-state index is 13.2. The average Bonchev–Trinajstić information content (AvgIpc) is 3.07. The summed E-state index contributed by atoms with van der Waals surface area (Å²) < 4.78 is 1.91. The first-order valence-electron chi connectivity index (χ1n) is 9.43. The lowest BCUT2D eigenvalue weighted by molar-refractivity contribution is -0.141. The summed E-state index contributed by atoms with van der Waals surface area (Å²) in [5.74, 6) is 3.31. The second-order valence-electron chi connectivity index (χ2n) is 8.37. The highest BCUT2D eigenvalue weighted by atomic mass is 35.5. The van der Waals surface area contributed by atoms with E-state index in [4.69, 9.17) is 11.6 Å². The highest BCUT2D eigenvalue weighted by Gasteiger charge is 2.54. The fourth-order valence-corrected chi connectivity index (χ4v) is 7.01. The van der Waals surface area contributed by atoms with E-state index in [2.05, 4.69) is 10.2 Å². The highest BCUT2D eigenvalue weighted by Crippen LogP contribution is 2.60. The molecule has 0 amide bonds. The number of rotatable bonds is 5. The Morgan fingerprint density at radius 3 is 2.54 bits per heavy atom. The van der Waals surface area contributed by atoms with Gasteiger partial charge in [0.25, 0.3) is 0 Å². The van der Waals surface area contributed by atoms with E-state index in [1.54, 1.807) is 6.33 Å². The van der Waals surface area contributed by atoms with E-state index >= 15 is 0 Å². The molecule has 136 valence electrons. The van der Waals surface area contributed by atoms with E-state index in [9.17, 15) is 4.79 Å². The number of carbonyl (C=O) groups is 1. The summed E-state index contributed by atoms with van der Waals surface area (Å²) in [6, 6.07) is 7.61. The minimum Gasteiger partial charge on any atom is -0.298 e. The lowest BCUT2D eigenvalue weighted by atomic mass is 9.48. The van der Waals surface area contributed by atoms with Gasteiger partial charge in [0, 0.05) is 10.4 Å². The van der Waals surface area contributed by atoms with Crippen molar-refractivity contribution in [3.8, 4) is 5.69 Å². The molecule has 26 heavy (non-hydrogen) atoms. The number of halogens is 1. The second-order valence-corrected chi connectivity index (χ2v) is 9.75. The van der Waals surface area contributed by atoms with Gasteiger partial charge in [-0.15, -0.1) is 10.2 Å². The number of thioether (sulfide) groups is 1. The maximum Gasteiger partial charge on any atom is 0.196 e. The third-order valence-electron chi connectivity index (χ3n) is 6.56. The molecule has 0 atom stereocenters. The summed E-state index contributed by atoms with van der Waals surface area (Å²) in [5.41, 5.74) is 0.884. The number of ketones is 1. The fraction of sp³-hybridized carbons (Fsp3) is 0.550. The summed E-state index contributed by atoms with van der Waals surface area (Å²) in [6.45, 7) is 0. The molecule has 4 fully saturated rings. The fourth-order valence-electron chi connectivity index (χ4n) is 5.86. The summed E-state index contributed by atoms with van der Waals surface area (Å²) >= 11 is 7.61. The zero-order valence-corrected chi connectivity index (χ0v) is 16.2. The maximum atomic E-state index is 13.2. The molecule has 4 saturated carbocycles. The molecule has 0 spiro atoms. The van der Waals surface area contributed by atoms with Gasteiger partial charge < -0.3 is 0 Å². The Hall–Kier alpha value is -1.33. The molecule has 0 unspecified atom stereocenters. The van der Waals surface area contributed by atoms with Crippen LogP contribution in [0.1, 0.15) is 38.5 Å². The average molecular weight is 388 g/mol. The Bertz CT molecular complexity index is 814. The molecule has 4 aliphatic carbocycles. The molecule has 6 rings (SSSR count). The summed E-state index contributed by atoms with van der Waals surface area (Å²) in [7, 11) is 0. The first kappa shape index (κ1) is 16.8. The quantitative estimate of drug-likeness (QED) is 0.691. The van der Waals surface area contributed by atoms with Crippen LogP contribution in [-0.4, -0.2) is 26.3 Å². The summed E-state index contributed by atoms with van der Waals surface area (Å²) in [5, 5.41) is 9.69. The van der Waals surface area contributed by atoms with Gasteiger partial charge in [0.05, 0.1) is 11.4 Å². The van der Waals surface area contributed by atoms with Crippen LogP contribution in [0.5, 0.6) is 0 Å². The van der Waals surface area contributed by atoms with Crippen LogP contribution in [0.15, 0.2) is 35.7 Å². The smallest absolute Gasteiger partial charge is 0.196 e. The van der Waals surface area contributed by atoms with Crippen molar-refractivity contribution in [3.05, 3.63) is 35.6 Å². The van der Waals surface area contributed by atoms with Crippen LogP contribution in [0.25, 0.3) is 5.69 Å². The monoisotopic (exact) mass is 387 g/mol. The lowest BCUT2D eigenvalue weighted by Gasteiger charge is -2.56. The largest absolute Gasteiger partial charge is 0.298 e. The van der Waals surface area contributed by atoms with Crippen LogP contribution in [0.4, 0.5) is 0 Å². The first-order valence-corrected chi connectivity index (χ1v) is 10.8. The molecule has 1 aromatic heterocycles. The zero-order valence-electron chi connectivity index (χ0n) is 14.6. The normalized spacial score (nSPS) is 32.1. The van der Waals surface area contributed by atoms with Gasteiger partial charge in [-0.3, -0.25) is 9.36 Å². The van der Waals surface area contributed by atoms with Crippen LogP contribution < -0.4 is 0 Å². The standard InChI is InChI=1S/C20H22ClN3OS/c21-16-2-1-3-17(7-16)24-12-22-23-19(24)26-11-18(25)20-8-13-4-14(9-20)6-15(5-13)10-20/h1-3,7,12-15H,4-6,8-11H2. The molecule has 0 radical (unpaired) electrons. The van der Waals surface area contributed by atoms with Crippen molar-refractivity contribution < 1.29 is 4.79 Å². The van der Waals surface area contributed by atoms with Gasteiger partial charge in [0.15, 0.2) is 5.16 Å². The number of Topliss-reactive ketones (excluding diaryl/α,β-unsaturated/α-hetero) is 1. The highest BCUT2D eigenvalue weighted by molar-refractivity contribution is 7.99. The molecule has 2 aromatic rings. The van der Waals surface area contributed by atoms with E-state index in [0.717, 1.165) is 47.9 Å². The first-order chi connectivity index (χ1) is 12.6. The Morgan fingerprint density at radius 2 is 1.88 bits per heavy atom. The van der Waals surface area contributed by atoms with Crippen molar-refractivity contribution in [1.82, 2.24) is 14.8 Å². The Morgan fingerprint density at radius 1 is 1.19 bits per heavy atom. The number of benzene rings is 1. The summed E-state index contributed by atoms with van der Waals surface area (Å²) in [6.07, 6.45) is 9.15. The third kappa shape index (κ3) is 2.89. The van der Waals surface area contributed by atoms with E-state index in [1.807, 2.05) is 28.8 Å². The van der Waals surface area contributed by atoms with E-state index < -0.39 is 0 Å². The van der Waals surface area contributed by atoms with Crippen molar-refractivity contribution in [1.29, 1.82) is 0 Å². The van der Waals surface area contributed by atoms with Crippen molar-refractivity contribution in [3.63, 3.8) is 0 Å². The van der Waals surface area contributed by atoms with Crippen molar-refractivity contribution in [2.45, 2.75) is 43.7 Å². The number of carbonyl (C=O) groups excluding carboxylic acids is 1. The van der Waals surface area contributed by atoms with E-state index in [1.165, 1.54) is 31.0 Å². The van der Waals surface area contributed by atoms with E-state index in [-0.39, 0.29) is 5.41 Å². The zero-order chi connectivity index (χ0) is 17.7. The van der Waals surface area contributed by atoms with Gasteiger partial charge in [0.1, 0.15) is 12.1 Å². The van der Waals surface area contributed by atoms with Crippen LogP contribution in [0.2, 0.25) is 5.02 Å². The number of hydrogen-bond donors (Lipinski definition) is 0. The third-order valence-corrected chi connectivity index (χ3v) is 7.74. The SMILES string of the molecule is O=C(CSc1nncn1-c1cccc(Cl)c1)C12CC3CC(CC(C3)C1)C2. The van der Waals surface area contributed by atoms with Crippen LogP contribution in [-0.2, 0) is 4.79 Å². The van der Waals surface area contributed by atoms with Crippen LogP contribution >= 0.6 is 23.4 Å². The number of aromatic nitrogens is 3. The van der Waals surface area contributed by atoms with Crippen LogP contribution in [0.3, 0.4) is 0 Å². The lowest BCUT2D eigenvalue weighted by Crippen LogP contribution is -2.50. The Balaban J connectivity index is 1.32. The van der Waals surface area contributed by atoms with Gasteiger partial charge >= 0.3 is 0 Å². The number of nitrogens with zero attached hydrogens (tertiary/aromatic N) is 3. The van der Waals surface area contributed by atoms with Gasteiger partial charge in [-0.1, -0.05) is 29.4 Å². The Labute approximate surface area is 162 Å². The molecule has 6 heteroatoms. The topological polar surface area (TPSA) is 47.8 Å². The molecular formula is C20H22ClN3OS. The van der Waals surface area contributed by atoms with Gasteiger partial charge in [-0.25, -0.2) is 0 Å². The van der Waals surface area contributed by atoms with Crippen molar-refractivity contribution in [2.24, 2.45) is 23.2 Å². The van der Waals surface area contributed by atoms with Gasteiger partial charge in [-0.2, -0.15) is 0 Å². The second kappa shape index (κ2) is 6.38. The minimum atomic E-state index is -0.0390. The molecule has 0 saturated heterocycles. The molecular weight excluding hydrogens is 366 g/mol. The molecule has 4 nitrogen and oxygen atoms in total. The van der Waals surface area contributed by atoms with Crippen molar-refractivity contribution >= 4 is 29.1 Å². The van der Waals surface area contributed by atoms with Crippen LogP contribution in [0, 0.1) is 23.2 Å². The Kier molecular flexibility index (Phi) is 4.13. The molecule has 4 aliphatic rings. The summed E-state index contributed by atoms with van der Waals surface area (Å²) in [4.78, 5) is 13.2. The molecule has 1 aromatic carbocycles. The minimum absolute atomic E-state index is 0.0390. The van der Waals surface area contributed by atoms with E-state index in [0.29, 0.717) is 16.6 Å². The predicted molar refractivity (Wildman–Crippen MR) is 103 cm³/mol. The molecule has 1 heterocycles. The molecule has 4 bridgehead atoms. The molecule has 0 N–H and O–H groups in total.